The van der Waals surface area contributed by atoms with Gasteiger partial charge in [-0.2, -0.15) is 0 Å². The van der Waals surface area contributed by atoms with E-state index in [0.717, 1.165) is 17.5 Å². The molecule has 1 amide bonds. The topological polar surface area (TPSA) is 64.0 Å². The molecule has 2 heterocycles. The summed E-state index contributed by atoms with van der Waals surface area (Å²) in [6.07, 6.45) is 2.81. The summed E-state index contributed by atoms with van der Waals surface area (Å²) < 4.78 is 1.40. The number of halogens is 2. The van der Waals surface area contributed by atoms with Gasteiger partial charge < -0.3 is 5.32 Å². The van der Waals surface area contributed by atoms with Gasteiger partial charge in [-0.05, 0) is 42.2 Å². The number of carbonyl (C=O) groups excluding carboxylic acids is 1. The van der Waals surface area contributed by atoms with E-state index in [1.54, 1.807) is 18.2 Å². The van der Waals surface area contributed by atoms with Crippen LogP contribution in [0.1, 0.15) is 31.9 Å². The van der Waals surface area contributed by atoms with Gasteiger partial charge in [-0.3, -0.25) is 14.2 Å². The Morgan fingerprint density at radius 3 is 2.56 bits per heavy atom. The van der Waals surface area contributed by atoms with Crippen molar-refractivity contribution in [3.8, 4) is 11.1 Å². The van der Waals surface area contributed by atoms with Crippen molar-refractivity contribution in [2.24, 2.45) is 0 Å². The van der Waals surface area contributed by atoms with Crippen LogP contribution in [0, 0.1) is 0 Å². The highest BCUT2D eigenvalue weighted by Gasteiger charge is 2.23. The summed E-state index contributed by atoms with van der Waals surface area (Å²) in [6.45, 7) is 3.95. The number of anilines is 1. The molecule has 1 atom stereocenters. The zero-order chi connectivity index (χ0) is 22.8. The molecule has 1 unspecified atom stereocenters. The van der Waals surface area contributed by atoms with Crippen molar-refractivity contribution in [3.05, 3.63) is 80.1 Å². The zero-order valence-electron chi connectivity index (χ0n) is 17.6. The number of nitrogens with one attached hydrogen (secondary N) is 1. The highest BCUT2D eigenvalue weighted by atomic mass is 35.5. The van der Waals surface area contributed by atoms with E-state index in [1.165, 1.54) is 27.8 Å². The summed E-state index contributed by atoms with van der Waals surface area (Å²) >= 11 is 13.6. The van der Waals surface area contributed by atoms with E-state index in [0.29, 0.717) is 32.4 Å². The number of thiophene rings is 1. The molecule has 0 aliphatic rings. The van der Waals surface area contributed by atoms with Gasteiger partial charge in [0.2, 0.25) is 5.91 Å². The number of aryl methyl sites for hydroxylation is 1. The number of benzene rings is 2. The van der Waals surface area contributed by atoms with Crippen LogP contribution in [-0.4, -0.2) is 15.5 Å². The van der Waals surface area contributed by atoms with Gasteiger partial charge in [0.25, 0.3) is 5.56 Å². The molecule has 0 saturated heterocycles. The maximum absolute atomic E-state index is 13.5. The molecule has 1 N–H and O–H groups in total. The lowest BCUT2D eigenvalue weighted by Gasteiger charge is -2.18. The van der Waals surface area contributed by atoms with E-state index in [-0.39, 0.29) is 11.5 Å². The summed E-state index contributed by atoms with van der Waals surface area (Å²) in [5, 5.41) is 6.08. The van der Waals surface area contributed by atoms with Crippen LogP contribution in [0.4, 0.5) is 5.69 Å². The number of amides is 1. The van der Waals surface area contributed by atoms with Crippen molar-refractivity contribution in [2.45, 2.75) is 32.7 Å². The minimum absolute atomic E-state index is 0.241. The van der Waals surface area contributed by atoms with Gasteiger partial charge in [0.1, 0.15) is 10.9 Å². The highest BCUT2D eigenvalue weighted by Crippen LogP contribution is 2.31. The molecule has 0 radical (unpaired) electrons. The summed E-state index contributed by atoms with van der Waals surface area (Å²) in [7, 11) is 0. The lowest BCUT2D eigenvalue weighted by atomic mass is 10.0. The van der Waals surface area contributed by atoms with Gasteiger partial charge >= 0.3 is 0 Å². The lowest BCUT2D eigenvalue weighted by Crippen LogP contribution is -2.33. The number of hydrogen-bond donors (Lipinski definition) is 1. The van der Waals surface area contributed by atoms with Gasteiger partial charge in [-0.15, -0.1) is 11.3 Å². The van der Waals surface area contributed by atoms with Crippen LogP contribution in [0.2, 0.25) is 10.0 Å². The molecule has 2 aromatic heterocycles. The van der Waals surface area contributed by atoms with E-state index in [9.17, 15) is 9.59 Å². The average Bonchev–Trinajstić information content (AvgIpc) is 3.23. The van der Waals surface area contributed by atoms with Crippen molar-refractivity contribution < 1.29 is 4.79 Å². The number of hydrogen-bond acceptors (Lipinski definition) is 4. The third-order valence-corrected chi connectivity index (χ3v) is 6.84. The molecule has 0 bridgehead atoms. The first-order valence-corrected chi connectivity index (χ1v) is 11.9. The van der Waals surface area contributed by atoms with Gasteiger partial charge in [-0.1, -0.05) is 61.3 Å². The smallest absolute Gasteiger partial charge is 0.263 e. The van der Waals surface area contributed by atoms with Crippen LogP contribution in [0.25, 0.3) is 21.3 Å². The molecule has 32 heavy (non-hydrogen) atoms. The van der Waals surface area contributed by atoms with Gasteiger partial charge in [0.05, 0.1) is 22.4 Å². The Bertz CT molecular complexity index is 1350. The number of carbonyl (C=O) groups is 1. The summed E-state index contributed by atoms with van der Waals surface area (Å²) in [5.41, 5.74) is 3.21. The van der Waals surface area contributed by atoms with Crippen LogP contribution < -0.4 is 10.9 Å². The Morgan fingerprint density at radius 1 is 1.16 bits per heavy atom. The second kappa shape index (κ2) is 9.45. The Hall–Kier alpha value is -2.67. The normalized spacial score (nSPS) is 12.1. The maximum atomic E-state index is 13.5. The molecule has 0 fully saturated rings. The number of nitrogens with zero attached hydrogens (tertiary/aromatic N) is 2. The average molecular weight is 486 g/mol. The second-order valence-corrected chi connectivity index (χ2v) is 9.08. The predicted molar refractivity (Wildman–Crippen MR) is 133 cm³/mol. The standard InChI is InChI=1S/C24H21Cl2N3O2S/c1-3-14-5-7-15(8-6-14)17-12-32-23-21(17)24(31)29(13-27-23)20(4-2)22(30)28-19-10-9-16(25)11-18(19)26/h5-13,20H,3-4H2,1-2H3,(H,28,30). The largest absolute Gasteiger partial charge is 0.323 e. The lowest BCUT2D eigenvalue weighted by molar-refractivity contribution is -0.119. The van der Waals surface area contributed by atoms with Crippen LogP contribution in [0.15, 0.2) is 59.0 Å². The SMILES string of the molecule is CCc1ccc(-c2csc3ncn(C(CC)C(=O)Nc4ccc(Cl)cc4Cl)c(=O)c23)cc1. The van der Waals surface area contributed by atoms with Crippen molar-refractivity contribution >= 4 is 56.3 Å². The molecule has 2 aromatic carbocycles. The molecule has 8 heteroatoms. The molecule has 0 saturated carbocycles. The number of fused-ring (bicyclic) bond motifs is 1. The van der Waals surface area contributed by atoms with Crippen LogP contribution >= 0.6 is 34.5 Å². The summed E-state index contributed by atoms with van der Waals surface area (Å²) in [6, 6.07) is 12.3. The number of rotatable bonds is 6. The minimum atomic E-state index is -0.735. The molecule has 0 spiro atoms. The fourth-order valence-electron chi connectivity index (χ4n) is 3.62. The van der Waals surface area contributed by atoms with Crippen molar-refractivity contribution in [1.29, 1.82) is 0 Å². The fraction of sp³-hybridized carbons (Fsp3) is 0.208. The molecular formula is C24H21Cl2N3O2S. The Kier molecular flexibility index (Phi) is 6.65. The molecule has 0 aliphatic heterocycles. The Morgan fingerprint density at radius 2 is 1.91 bits per heavy atom. The summed E-state index contributed by atoms with van der Waals surface area (Å²) in [5.74, 6) is -0.343. The molecule has 0 aliphatic carbocycles. The highest BCUT2D eigenvalue weighted by molar-refractivity contribution is 7.17. The zero-order valence-corrected chi connectivity index (χ0v) is 19.9. The molecule has 164 valence electrons. The van der Waals surface area contributed by atoms with E-state index in [2.05, 4.69) is 29.4 Å². The molecule has 4 rings (SSSR count). The molecule has 5 nitrogen and oxygen atoms in total. The maximum Gasteiger partial charge on any atom is 0.263 e. The first-order chi connectivity index (χ1) is 15.4. The van der Waals surface area contributed by atoms with E-state index < -0.39 is 6.04 Å². The third kappa shape index (κ3) is 4.31. The fourth-order valence-corrected chi connectivity index (χ4v) is 4.98. The van der Waals surface area contributed by atoms with Crippen molar-refractivity contribution in [1.82, 2.24) is 9.55 Å². The van der Waals surface area contributed by atoms with E-state index in [4.69, 9.17) is 23.2 Å². The molecule has 4 aromatic rings. The third-order valence-electron chi connectivity index (χ3n) is 5.41. The Labute approximate surface area is 199 Å². The van der Waals surface area contributed by atoms with Crippen molar-refractivity contribution in [2.75, 3.05) is 5.32 Å². The second-order valence-electron chi connectivity index (χ2n) is 7.37. The first kappa shape index (κ1) is 22.5. The van der Waals surface area contributed by atoms with E-state index in [1.807, 2.05) is 24.4 Å². The van der Waals surface area contributed by atoms with Crippen molar-refractivity contribution in [3.63, 3.8) is 0 Å². The first-order valence-electron chi connectivity index (χ1n) is 10.3. The van der Waals surface area contributed by atoms with Gasteiger partial charge in [0.15, 0.2) is 0 Å². The monoisotopic (exact) mass is 485 g/mol. The summed E-state index contributed by atoms with van der Waals surface area (Å²) in [4.78, 5) is 31.6. The van der Waals surface area contributed by atoms with Crippen LogP contribution in [-0.2, 0) is 11.2 Å². The Balaban J connectivity index is 1.73. The minimum Gasteiger partial charge on any atom is -0.323 e. The number of aromatic nitrogens is 2. The van der Waals surface area contributed by atoms with Crippen LogP contribution in [0.5, 0.6) is 0 Å². The van der Waals surface area contributed by atoms with E-state index >= 15 is 0 Å². The van der Waals surface area contributed by atoms with Gasteiger partial charge in [-0.25, -0.2) is 4.98 Å². The van der Waals surface area contributed by atoms with Crippen LogP contribution in [0.3, 0.4) is 0 Å². The predicted octanol–water partition coefficient (Wildman–Crippen LogP) is 6.58. The quantitative estimate of drug-likeness (QED) is 0.335. The van der Waals surface area contributed by atoms with Gasteiger partial charge in [0, 0.05) is 16.0 Å². The molecular weight excluding hydrogens is 465 g/mol.